The highest BCUT2D eigenvalue weighted by Crippen LogP contribution is 2.42. The lowest BCUT2D eigenvalue weighted by molar-refractivity contribution is 0.621. The summed E-state index contributed by atoms with van der Waals surface area (Å²) in [5.74, 6) is 0.566. The van der Waals surface area contributed by atoms with E-state index in [-0.39, 0.29) is 5.82 Å². The molecule has 1 fully saturated rings. The second-order valence-corrected chi connectivity index (χ2v) is 5.61. The summed E-state index contributed by atoms with van der Waals surface area (Å²) in [5, 5.41) is 0.439. The number of rotatable bonds is 2. The van der Waals surface area contributed by atoms with Gasteiger partial charge in [-0.2, -0.15) is 0 Å². The minimum Gasteiger partial charge on any atom is -0.250 e. The van der Waals surface area contributed by atoms with Gasteiger partial charge in [-0.15, -0.1) is 0 Å². The number of nitrogens with zero attached hydrogens (tertiary/aromatic N) is 3. The molecular formula is C12H8ClFIN3. The molecule has 0 spiro atoms. The average Bonchev–Trinajstić information content (AvgIpc) is 3.18. The van der Waals surface area contributed by atoms with Crippen molar-refractivity contribution in [3.05, 3.63) is 38.6 Å². The number of hydrogen-bond donors (Lipinski definition) is 0. The molecule has 2 heterocycles. The molecule has 6 heteroatoms. The van der Waals surface area contributed by atoms with Crippen molar-refractivity contribution in [2.75, 3.05) is 0 Å². The van der Waals surface area contributed by atoms with Crippen molar-refractivity contribution >= 4 is 34.2 Å². The normalized spacial score (nSPS) is 14.8. The van der Waals surface area contributed by atoms with Crippen molar-refractivity contribution in [3.8, 4) is 11.5 Å². The Morgan fingerprint density at radius 2 is 2.06 bits per heavy atom. The number of aromatic nitrogens is 3. The average molecular weight is 376 g/mol. The van der Waals surface area contributed by atoms with Crippen LogP contribution in [0, 0.1) is 9.39 Å². The van der Waals surface area contributed by atoms with Crippen LogP contribution in [0.1, 0.15) is 24.5 Å². The fourth-order valence-corrected chi connectivity index (χ4v) is 2.54. The first-order chi connectivity index (χ1) is 8.65. The quantitative estimate of drug-likeness (QED) is 0.592. The maximum absolute atomic E-state index is 12.8. The molecule has 0 amide bonds. The van der Waals surface area contributed by atoms with Gasteiger partial charge in [0.15, 0.2) is 5.82 Å². The van der Waals surface area contributed by atoms with Crippen LogP contribution in [0.15, 0.2) is 18.3 Å². The summed E-state index contributed by atoms with van der Waals surface area (Å²) in [6.45, 7) is 0. The summed E-state index contributed by atoms with van der Waals surface area (Å²) < 4.78 is 13.7. The Hall–Kier alpha value is -0.820. The molecule has 0 bridgehead atoms. The predicted molar refractivity (Wildman–Crippen MR) is 74.9 cm³/mol. The molecule has 2 aromatic rings. The zero-order valence-corrected chi connectivity index (χ0v) is 12.1. The summed E-state index contributed by atoms with van der Waals surface area (Å²) in [4.78, 5) is 12.7. The van der Waals surface area contributed by atoms with Gasteiger partial charge in [0.1, 0.15) is 16.7 Å². The van der Waals surface area contributed by atoms with E-state index >= 15 is 0 Å². The highest BCUT2D eigenvalue weighted by Gasteiger charge is 2.29. The minimum absolute atomic E-state index is 0.377. The molecule has 1 aliphatic rings. The number of pyridine rings is 1. The van der Waals surface area contributed by atoms with Gasteiger partial charge in [0.25, 0.3) is 0 Å². The molecule has 0 unspecified atom stereocenters. The molecule has 0 saturated heterocycles. The second-order valence-electron chi connectivity index (χ2n) is 4.17. The molecule has 2 aromatic heterocycles. The van der Waals surface area contributed by atoms with E-state index in [1.165, 1.54) is 6.07 Å². The van der Waals surface area contributed by atoms with E-state index in [1.807, 2.05) is 0 Å². The molecule has 0 aliphatic heterocycles. The summed E-state index contributed by atoms with van der Waals surface area (Å²) in [7, 11) is 0. The molecule has 0 atom stereocenters. The van der Waals surface area contributed by atoms with Gasteiger partial charge < -0.3 is 0 Å². The highest BCUT2D eigenvalue weighted by atomic mass is 127. The largest absolute Gasteiger partial charge is 0.250 e. The molecule has 1 aliphatic carbocycles. The molecule has 3 rings (SSSR count). The summed E-state index contributed by atoms with van der Waals surface area (Å²) in [6, 6.07) is 2.90. The Morgan fingerprint density at radius 3 is 2.67 bits per heavy atom. The molecular weight excluding hydrogens is 368 g/mol. The first kappa shape index (κ1) is 12.2. The van der Waals surface area contributed by atoms with Crippen LogP contribution in [-0.2, 0) is 0 Å². The van der Waals surface area contributed by atoms with Crippen LogP contribution in [0.2, 0.25) is 5.15 Å². The topological polar surface area (TPSA) is 38.7 Å². The van der Waals surface area contributed by atoms with Gasteiger partial charge >= 0.3 is 0 Å². The molecule has 18 heavy (non-hydrogen) atoms. The van der Waals surface area contributed by atoms with Gasteiger partial charge in [-0.3, -0.25) is 0 Å². The summed E-state index contributed by atoms with van der Waals surface area (Å²) >= 11 is 8.28. The van der Waals surface area contributed by atoms with Crippen LogP contribution in [0.5, 0.6) is 0 Å². The Labute approximate surface area is 122 Å². The fraction of sp³-hybridized carbons (Fsp3) is 0.250. The van der Waals surface area contributed by atoms with Crippen molar-refractivity contribution in [1.29, 1.82) is 0 Å². The standard InChI is InChI=1S/C12H8ClFIN3/c13-11-9(15)10(6-1-2-6)17-12(18-11)8-4-3-7(14)5-16-8/h3-6H,1-2H2. The van der Waals surface area contributed by atoms with Crippen LogP contribution >= 0.6 is 34.2 Å². The zero-order chi connectivity index (χ0) is 12.7. The van der Waals surface area contributed by atoms with Crippen molar-refractivity contribution in [2.24, 2.45) is 0 Å². The first-order valence-electron chi connectivity index (χ1n) is 5.50. The molecule has 3 nitrogen and oxygen atoms in total. The van der Waals surface area contributed by atoms with E-state index in [0.717, 1.165) is 28.3 Å². The van der Waals surface area contributed by atoms with Crippen molar-refractivity contribution in [1.82, 2.24) is 15.0 Å². The van der Waals surface area contributed by atoms with Gasteiger partial charge in [0.05, 0.1) is 15.5 Å². The third kappa shape index (κ3) is 2.33. The van der Waals surface area contributed by atoms with Gasteiger partial charge in [-0.25, -0.2) is 19.3 Å². The van der Waals surface area contributed by atoms with E-state index < -0.39 is 0 Å². The van der Waals surface area contributed by atoms with Gasteiger partial charge in [0, 0.05) is 5.92 Å². The smallest absolute Gasteiger partial charge is 0.179 e. The Balaban J connectivity index is 2.09. The lowest BCUT2D eigenvalue weighted by atomic mass is 10.2. The van der Waals surface area contributed by atoms with Crippen LogP contribution in [0.25, 0.3) is 11.5 Å². The van der Waals surface area contributed by atoms with E-state index in [0.29, 0.717) is 22.6 Å². The zero-order valence-electron chi connectivity index (χ0n) is 9.20. The van der Waals surface area contributed by atoms with E-state index in [1.54, 1.807) is 6.07 Å². The number of hydrogen-bond acceptors (Lipinski definition) is 3. The third-order valence-corrected chi connectivity index (χ3v) is 4.41. The molecule has 0 aromatic carbocycles. The van der Waals surface area contributed by atoms with Crippen molar-refractivity contribution in [2.45, 2.75) is 18.8 Å². The maximum Gasteiger partial charge on any atom is 0.179 e. The highest BCUT2D eigenvalue weighted by molar-refractivity contribution is 14.1. The second kappa shape index (κ2) is 4.70. The third-order valence-electron chi connectivity index (χ3n) is 2.76. The molecule has 0 radical (unpaired) electrons. The molecule has 0 N–H and O–H groups in total. The van der Waals surface area contributed by atoms with Crippen LogP contribution < -0.4 is 0 Å². The molecule has 92 valence electrons. The summed E-state index contributed by atoms with van der Waals surface area (Å²) in [5.41, 5.74) is 1.52. The number of halogens is 3. The maximum atomic E-state index is 12.8. The lowest BCUT2D eigenvalue weighted by Crippen LogP contribution is -2.00. The Morgan fingerprint density at radius 1 is 1.28 bits per heavy atom. The van der Waals surface area contributed by atoms with Crippen LogP contribution in [0.4, 0.5) is 4.39 Å². The van der Waals surface area contributed by atoms with E-state index in [9.17, 15) is 4.39 Å². The van der Waals surface area contributed by atoms with Gasteiger partial charge in [0.2, 0.25) is 0 Å². The summed E-state index contributed by atoms with van der Waals surface area (Å²) in [6.07, 6.45) is 3.43. The molecule has 1 saturated carbocycles. The van der Waals surface area contributed by atoms with Crippen molar-refractivity contribution in [3.63, 3.8) is 0 Å². The predicted octanol–water partition coefficient (Wildman–Crippen LogP) is 3.81. The lowest BCUT2D eigenvalue weighted by Gasteiger charge is -2.06. The van der Waals surface area contributed by atoms with E-state index in [4.69, 9.17) is 11.6 Å². The monoisotopic (exact) mass is 375 g/mol. The van der Waals surface area contributed by atoms with Gasteiger partial charge in [-0.1, -0.05) is 11.6 Å². The minimum atomic E-state index is -0.377. The van der Waals surface area contributed by atoms with Gasteiger partial charge in [-0.05, 0) is 47.6 Å². The Bertz CT molecular complexity index is 599. The Kier molecular flexibility index (Phi) is 3.19. The van der Waals surface area contributed by atoms with E-state index in [2.05, 4.69) is 37.5 Å². The fourth-order valence-electron chi connectivity index (χ4n) is 1.69. The van der Waals surface area contributed by atoms with Crippen LogP contribution in [-0.4, -0.2) is 15.0 Å². The van der Waals surface area contributed by atoms with Crippen LogP contribution in [0.3, 0.4) is 0 Å². The SMILES string of the molecule is Fc1ccc(-c2nc(Cl)c(I)c(C3CC3)n2)nc1. The van der Waals surface area contributed by atoms with Crippen molar-refractivity contribution < 1.29 is 4.39 Å². The first-order valence-corrected chi connectivity index (χ1v) is 6.95.